The fourth-order valence-corrected chi connectivity index (χ4v) is 5.89. The van der Waals surface area contributed by atoms with Crippen LogP contribution in [-0.4, -0.2) is 64.4 Å². The standard InChI is InChI=1S/C24H32N6O2S/c1-24(2,3)16-5-6-17-18(12-25)22(33-20(17)11-16)27-21(31)14-29-13-19(26-15-29)23(32)30-9-7-28(4)8-10-30/h13,15-16H,5-11,14H2,1-4H3,(H,27,31). The number of anilines is 1. The SMILES string of the molecule is CN1CCN(C(=O)c2cn(CC(=O)Nc3sc4c(c3C#N)CCC(C(C)(C)C)C4)cn2)CC1. The lowest BCUT2D eigenvalue weighted by Gasteiger charge is -2.33. The van der Waals surface area contributed by atoms with E-state index in [0.717, 1.165) is 37.9 Å². The Morgan fingerprint density at radius 3 is 2.67 bits per heavy atom. The molecule has 33 heavy (non-hydrogen) atoms. The zero-order valence-electron chi connectivity index (χ0n) is 19.8. The van der Waals surface area contributed by atoms with Gasteiger partial charge in [0.2, 0.25) is 5.91 Å². The Balaban J connectivity index is 1.40. The van der Waals surface area contributed by atoms with Gasteiger partial charge in [0.1, 0.15) is 23.3 Å². The summed E-state index contributed by atoms with van der Waals surface area (Å²) in [5.74, 6) is 0.239. The summed E-state index contributed by atoms with van der Waals surface area (Å²) in [6.45, 7) is 9.88. The highest BCUT2D eigenvalue weighted by Crippen LogP contribution is 2.43. The Morgan fingerprint density at radius 2 is 2.00 bits per heavy atom. The van der Waals surface area contributed by atoms with Crippen LogP contribution in [0.3, 0.4) is 0 Å². The van der Waals surface area contributed by atoms with Crippen molar-refractivity contribution in [3.8, 4) is 6.07 Å². The highest BCUT2D eigenvalue weighted by atomic mass is 32.1. The second-order valence-electron chi connectivity index (χ2n) is 10.2. The fourth-order valence-electron chi connectivity index (χ4n) is 4.59. The molecule has 1 atom stereocenters. The lowest BCUT2D eigenvalue weighted by Crippen LogP contribution is -2.47. The van der Waals surface area contributed by atoms with Gasteiger partial charge in [0, 0.05) is 37.3 Å². The molecule has 0 aromatic carbocycles. The van der Waals surface area contributed by atoms with Gasteiger partial charge in [0.05, 0.1) is 11.9 Å². The number of aromatic nitrogens is 2. The number of rotatable bonds is 4. The van der Waals surface area contributed by atoms with Crippen molar-refractivity contribution in [2.24, 2.45) is 11.3 Å². The van der Waals surface area contributed by atoms with Crippen LogP contribution in [0.15, 0.2) is 12.5 Å². The van der Waals surface area contributed by atoms with E-state index in [-0.39, 0.29) is 23.8 Å². The predicted octanol–water partition coefficient (Wildman–Crippen LogP) is 2.99. The molecule has 2 aromatic heterocycles. The van der Waals surface area contributed by atoms with Gasteiger partial charge >= 0.3 is 0 Å². The number of nitriles is 1. The summed E-state index contributed by atoms with van der Waals surface area (Å²) in [6.07, 6.45) is 6.04. The second-order valence-corrected chi connectivity index (χ2v) is 11.3. The zero-order valence-corrected chi connectivity index (χ0v) is 20.7. The van der Waals surface area contributed by atoms with Gasteiger partial charge in [0.25, 0.3) is 5.91 Å². The van der Waals surface area contributed by atoms with Gasteiger partial charge < -0.3 is 19.7 Å². The van der Waals surface area contributed by atoms with Crippen molar-refractivity contribution in [1.82, 2.24) is 19.4 Å². The molecule has 1 unspecified atom stereocenters. The van der Waals surface area contributed by atoms with Crippen molar-refractivity contribution in [3.05, 3.63) is 34.2 Å². The van der Waals surface area contributed by atoms with E-state index in [1.165, 1.54) is 22.5 Å². The number of piperazine rings is 1. The molecule has 8 nitrogen and oxygen atoms in total. The van der Waals surface area contributed by atoms with Gasteiger partial charge in [-0.2, -0.15) is 5.26 Å². The third kappa shape index (κ3) is 5.12. The summed E-state index contributed by atoms with van der Waals surface area (Å²) in [4.78, 5) is 34.8. The van der Waals surface area contributed by atoms with Crippen LogP contribution in [0, 0.1) is 22.7 Å². The molecule has 1 aliphatic heterocycles. The number of fused-ring (bicyclic) bond motifs is 1. The first-order valence-corrected chi connectivity index (χ1v) is 12.3. The maximum absolute atomic E-state index is 12.7. The topological polar surface area (TPSA) is 94.3 Å². The minimum absolute atomic E-state index is 0.0427. The minimum atomic E-state index is -0.228. The molecule has 2 amide bonds. The number of imidazole rings is 1. The Hall–Kier alpha value is -2.70. The van der Waals surface area contributed by atoms with Gasteiger partial charge in [-0.05, 0) is 43.2 Å². The number of carbonyl (C=O) groups excluding carboxylic acids is 2. The van der Waals surface area contributed by atoms with E-state index < -0.39 is 0 Å². The summed E-state index contributed by atoms with van der Waals surface area (Å²) >= 11 is 1.53. The molecule has 1 fully saturated rings. The quantitative estimate of drug-likeness (QED) is 0.744. The first kappa shape index (κ1) is 23.5. The van der Waals surface area contributed by atoms with E-state index in [1.54, 1.807) is 15.7 Å². The summed E-state index contributed by atoms with van der Waals surface area (Å²) in [5.41, 5.74) is 2.27. The molecule has 9 heteroatoms. The van der Waals surface area contributed by atoms with E-state index in [9.17, 15) is 14.9 Å². The molecule has 0 radical (unpaired) electrons. The minimum Gasteiger partial charge on any atom is -0.335 e. The lowest BCUT2D eigenvalue weighted by atomic mass is 9.72. The maximum Gasteiger partial charge on any atom is 0.274 e. The van der Waals surface area contributed by atoms with Crippen LogP contribution in [-0.2, 0) is 24.2 Å². The zero-order chi connectivity index (χ0) is 23.8. The first-order chi connectivity index (χ1) is 15.7. The van der Waals surface area contributed by atoms with Gasteiger partial charge in [-0.1, -0.05) is 20.8 Å². The molecule has 0 bridgehead atoms. The number of carbonyl (C=O) groups is 2. The summed E-state index contributed by atoms with van der Waals surface area (Å²) in [7, 11) is 2.04. The highest BCUT2D eigenvalue weighted by molar-refractivity contribution is 7.16. The van der Waals surface area contributed by atoms with E-state index in [2.05, 4.69) is 42.0 Å². The van der Waals surface area contributed by atoms with Crippen molar-refractivity contribution in [1.29, 1.82) is 5.26 Å². The van der Waals surface area contributed by atoms with Crippen LogP contribution < -0.4 is 5.32 Å². The van der Waals surface area contributed by atoms with Crippen molar-refractivity contribution in [2.75, 3.05) is 38.5 Å². The van der Waals surface area contributed by atoms with Crippen LogP contribution in [0.5, 0.6) is 0 Å². The summed E-state index contributed by atoms with van der Waals surface area (Å²) in [5, 5.41) is 13.3. The fraction of sp³-hybridized carbons (Fsp3) is 0.583. The molecule has 3 heterocycles. The molecule has 0 spiro atoms. The van der Waals surface area contributed by atoms with Gasteiger partial charge in [-0.3, -0.25) is 9.59 Å². The number of likely N-dealkylation sites (N-methyl/N-ethyl adjacent to an activating group) is 1. The lowest BCUT2D eigenvalue weighted by molar-refractivity contribution is -0.116. The smallest absolute Gasteiger partial charge is 0.274 e. The number of nitrogens with zero attached hydrogens (tertiary/aromatic N) is 5. The van der Waals surface area contributed by atoms with Crippen molar-refractivity contribution >= 4 is 28.2 Å². The van der Waals surface area contributed by atoms with Gasteiger partial charge in [0.15, 0.2) is 0 Å². The third-order valence-electron chi connectivity index (χ3n) is 6.82. The number of hydrogen-bond acceptors (Lipinski definition) is 6. The molecule has 4 rings (SSSR count). The van der Waals surface area contributed by atoms with Crippen LogP contribution in [0.1, 0.15) is 53.7 Å². The molecule has 0 saturated carbocycles. The number of hydrogen-bond donors (Lipinski definition) is 1. The number of nitrogens with one attached hydrogen (secondary N) is 1. The van der Waals surface area contributed by atoms with Gasteiger partial charge in [-0.25, -0.2) is 4.98 Å². The number of amides is 2. The maximum atomic E-state index is 12.7. The molecule has 1 saturated heterocycles. The average Bonchev–Trinajstić information content (AvgIpc) is 3.36. The summed E-state index contributed by atoms with van der Waals surface area (Å²) in [6, 6.07) is 2.31. The molecule has 2 aliphatic rings. The Bertz CT molecular complexity index is 1080. The van der Waals surface area contributed by atoms with Gasteiger partial charge in [-0.15, -0.1) is 11.3 Å². The van der Waals surface area contributed by atoms with Crippen molar-refractivity contribution in [3.63, 3.8) is 0 Å². The van der Waals surface area contributed by atoms with Crippen LogP contribution in [0.25, 0.3) is 0 Å². The normalized spacial score (nSPS) is 19.1. The Labute approximate surface area is 199 Å². The molecule has 1 aliphatic carbocycles. The second kappa shape index (κ2) is 9.27. The monoisotopic (exact) mass is 468 g/mol. The number of thiophene rings is 1. The Morgan fingerprint density at radius 1 is 1.27 bits per heavy atom. The predicted molar refractivity (Wildman–Crippen MR) is 128 cm³/mol. The molecular formula is C24H32N6O2S. The van der Waals surface area contributed by atoms with E-state index >= 15 is 0 Å². The van der Waals surface area contributed by atoms with Crippen molar-refractivity contribution < 1.29 is 9.59 Å². The largest absolute Gasteiger partial charge is 0.335 e. The third-order valence-corrected chi connectivity index (χ3v) is 7.99. The van der Waals surface area contributed by atoms with E-state index in [4.69, 9.17) is 0 Å². The average molecular weight is 469 g/mol. The van der Waals surface area contributed by atoms with E-state index in [0.29, 0.717) is 35.3 Å². The molecular weight excluding hydrogens is 436 g/mol. The molecule has 176 valence electrons. The van der Waals surface area contributed by atoms with E-state index in [1.807, 2.05) is 7.05 Å². The van der Waals surface area contributed by atoms with Crippen molar-refractivity contribution in [2.45, 2.75) is 46.6 Å². The molecule has 2 aromatic rings. The first-order valence-electron chi connectivity index (χ1n) is 11.5. The van der Waals surface area contributed by atoms with Crippen LogP contribution in [0.4, 0.5) is 5.00 Å². The summed E-state index contributed by atoms with van der Waals surface area (Å²) < 4.78 is 1.62. The highest BCUT2D eigenvalue weighted by Gasteiger charge is 2.32. The van der Waals surface area contributed by atoms with Crippen LogP contribution >= 0.6 is 11.3 Å². The molecule has 1 N–H and O–H groups in total. The van der Waals surface area contributed by atoms with Crippen LogP contribution in [0.2, 0.25) is 0 Å². The Kier molecular flexibility index (Phi) is 6.59.